The van der Waals surface area contributed by atoms with Gasteiger partial charge >= 0.3 is 0 Å². The minimum Gasteiger partial charge on any atom is -0.300 e. The molecule has 1 aromatic heterocycles. The number of aromatic nitrogens is 3. The van der Waals surface area contributed by atoms with E-state index in [1.165, 1.54) is 0 Å². The number of hydrogen-bond donors (Lipinski definition) is 0. The van der Waals surface area contributed by atoms with Crippen molar-refractivity contribution in [2.24, 2.45) is 0 Å². The lowest BCUT2D eigenvalue weighted by Gasteiger charge is -2.11. The Bertz CT molecular complexity index is 504. The van der Waals surface area contributed by atoms with Gasteiger partial charge in [0.05, 0.1) is 17.6 Å². The summed E-state index contributed by atoms with van der Waals surface area (Å²) in [7, 11) is 0. The first kappa shape index (κ1) is 11.5. The van der Waals surface area contributed by atoms with E-state index in [4.69, 9.17) is 0 Å². The molecule has 88 valence electrons. The van der Waals surface area contributed by atoms with Crippen LogP contribution in [0.1, 0.15) is 31.9 Å². The Labute approximate surface area is 100 Å². The van der Waals surface area contributed by atoms with E-state index in [-0.39, 0.29) is 11.7 Å². The van der Waals surface area contributed by atoms with Crippen LogP contribution in [0, 0.1) is 0 Å². The molecule has 0 fully saturated rings. The highest BCUT2D eigenvalue weighted by molar-refractivity contribution is 5.76. The molecule has 0 amide bonds. The van der Waals surface area contributed by atoms with E-state index in [0.717, 1.165) is 11.4 Å². The highest BCUT2D eigenvalue weighted by Crippen LogP contribution is 2.20. The molecule has 0 bridgehead atoms. The van der Waals surface area contributed by atoms with Crippen molar-refractivity contribution in [3.8, 4) is 5.69 Å². The second-order valence-corrected chi connectivity index (χ2v) is 4.21. The Morgan fingerprint density at radius 1 is 1.35 bits per heavy atom. The number of nitrogens with zero attached hydrogens (tertiary/aromatic N) is 3. The Morgan fingerprint density at radius 3 is 2.71 bits per heavy atom. The van der Waals surface area contributed by atoms with Gasteiger partial charge in [0.2, 0.25) is 0 Å². The van der Waals surface area contributed by atoms with Crippen LogP contribution in [0.15, 0.2) is 36.5 Å². The summed E-state index contributed by atoms with van der Waals surface area (Å²) in [6.07, 6.45) is 2.24. The second kappa shape index (κ2) is 4.91. The van der Waals surface area contributed by atoms with Crippen molar-refractivity contribution in [1.82, 2.24) is 15.0 Å². The first-order valence-corrected chi connectivity index (χ1v) is 5.64. The van der Waals surface area contributed by atoms with Crippen LogP contribution in [0.5, 0.6) is 0 Å². The molecule has 4 heteroatoms. The summed E-state index contributed by atoms with van der Waals surface area (Å²) in [5, 5.41) is 8.00. The first-order chi connectivity index (χ1) is 8.18. The van der Waals surface area contributed by atoms with Gasteiger partial charge in [0.15, 0.2) is 0 Å². The molecule has 0 spiro atoms. The quantitative estimate of drug-likeness (QED) is 0.808. The number of ketones is 1. The van der Waals surface area contributed by atoms with E-state index in [0.29, 0.717) is 6.42 Å². The molecular weight excluding hydrogens is 214 g/mol. The molecule has 0 radical (unpaired) electrons. The minimum absolute atomic E-state index is 0.128. The summed E-state index contributed by atoms with van der Waals surface area (Å²) < 4.78 is 1.79. The van der Waals surface area contributed by atoms with E-state index < -0.39 is 0 Å². The van der Waals surface area contributed by atoms with E-state index in [2.05, 4.69) is 10.3 Å². The van der Waals surface area contributed by atoms with Gasteiger partial charge in [-0.15, -0.1) is 5.10 Å². The summed E-state index contributed by atoms with van der Waals surface area (Å²) in [5.41, 5.74) is 1.93. The van der Waals surface area contributed by atoms with Crippen LogP contribution >= 0.6 is 0 Å². The smallest absolute Gasteiger partial charge is 0.130 e. The van der Waals surface area contributed by atoms with Gasteiger partial charge in [-0.25, -0.2) is 4.68 Å². The molecule has 4 nitrogen and oxygen atoms in total. The third-order valence-electron chi connectivity index (χ3n) is 2.67. The van der Waals surface area contributed by atoms with Crippen molar-refractivity contribution >= 4 is 5.78 Å². The average molecular weight is 229 g/mol. The predicted octanol–water partition coefficient (Wildman–Crippen LogP) is 2.35. The molecule has 0 N–H and O–H groups in total. The summed E-state index contributed by atoms with van der Waals surface area (Å²) in [4.78, 5) is 11.1. The lowest BCUT2D eigenvalue weighted by Crippen LogP contribution is -2.08. The van der Waals surface area contributed by atoms with E-state index in [9.17, 15) is 4.79 Å². The SMILES string of the molecule is CC(=O)CC(C)c1cnnn1-c1ccccc1. The molecule has 2 aromatic rings. The maximum absolute atomic E-state index is 11.1. The van der Waals surface area contributed by atoms with Crippen molar-refractivity contribution in [2.45, 2.75) is 26.2 Å². The minimum atomic E-state index is 0.128. The van der Waals surface area contributed by atoms with Gasteiger partial charge in [-0.1, -0.05) is 30.3 Å². The Morgan fingerprint density at radius 2 is 2.06 bits per heavy atom. The van der Waals surface area contributed by atoms with Gasteiger partial charge in [0, 0.05) is 12.3 Å². The Balaban J connectivity index is 2.32. The van der Waals surface area contributed by atoms with E-state index >= 15 is 0 Å². The Kier molecular flexibility index (Phi) is 3.32. The molecule has 1 atom stereocenters. The zero-order valence-corrected chi connectivity index (χ0v) is 10.00. The highest BCUT2D eigenvalue weighted by Gasteiger charge is 2.15. The van der Waals surface area contributed by atoms with Crippen LogP contribution in [-0.2, 0) is 4.79 Å². The van der Waals surface area contributed by atoms with Crippen molar-refractivity contribution in [1.29, 1.82) is 0 Å². The number of hydrogen-bond acceptors (Lipinski definition) is 3. The zero-order chi connectivity index (χ0) is 12.3. The van der Waals surface area contributed by atoms with Gasteiger partial charge < -0.3 is 4.79 Å². The van der Waals surface area contributed by atoms with Crippen LogP contribution in [0.3, 0.4) is 0 Å². The van der Waals surface area contributed by atoms with Crippen molar-refractivity contribution in [3.63, 3.8) is 0 Å². The first-order valence-electron chi connectivity index (χ1n) is 5.64. The van der Waals surface area contributed by atoms with Crippen LogP contribution in [0.4, 0.5) is 0 Å². The largest absolute Gasteiger partial charge is 0.300 e. The molecule has 0 saturated carbocycles. The molecule has 0 aliphatic carbocycles. The average Bonchev–Trinajstić information content (AvgIpc) is 2.78. The molecule has 0 aliphatic rings. The second-order valence-electron chi connectivity index (χ2n) is 4.21. The third-order valence-corrected chi connectivity index (χ3v) is 2.67. The van der Waals surface area contributed by atoms with Gasteiger partial charge in [-0.05, 0) is 19.1 Å². The van der Waals surface area contributed by atoms with Gasteiger partial charge in [-0.2, -0.15) is 0 Å². The van der Waals surface area contributed by atoms with E-state index in [1.54, 1.807) is 17.8 Å². The molecular formula is C13H15N3O. The molecule has 17 heavy (non-hydrogen) atoms. The summed E-state index contributed by atoms with van der Waals surface area (Å²) in [6.45, 7) is 3.62. The monoisotopic (exact) mass is 229 g/mol. The topological polar surface area (TPSA) is 47.8 Å². The fraction of sp³-hybridized carbons (Fsp3) is 0.308. The number of para-hydroxylation sites is 1. The standard InChI is InChI=1S/C13H15N3O/c1-10(8-11(2)17)13-9-14-15-16(13)12-6-4-3-5-7-12/h3-7,9-10H,8H2,1-2H3. The normalized spacial score (nSPS) is 12.4. The highest BCUT2D eigenvalue weighted by atomic mass is 16.1. The van der Waals surface area contributed by atoms with Crippen molar-refractivity contribution < 1.29 is 4.79 Å². The number of carbonyl (C=O) groups excluding carboxylic acids is 1. The van der Waals surface area contributed by atoms with Crippen LogP contribution in [-0.4, -0.2) is 20.8 Å². The lowest BCUT2D eigenvalue weighted by molar-refractivity contribution is -0.117. The zero-order valence-electron chi connectivity index (χ0n) is 10.00. The fourth-order valence-corrected chi connectivity index (χ4v) is 1.88. The summed E-state index contributed by atoms with van der Waals surface area (Å²) >= 11 is 0. The summed E-state index contributed by atoms with van der Waals surface area (Å²) in [6, 6.07) is 9.81. The maximum atomic E-state index is 11.1. The molecule has 0 aliphatic heterocycles. The van der Waals surface area contributed by atoms with Crippen LogP contribution in [0.25, 0.3) is 5.69 Å². The molecule has 1 aromatic carbocycles. The third kappa shape index (κ3) is 2.58. The van der Waals surface area contributed by atoms with Crippen molar-refractivity contribution in [2.75, 3.05) is 0 Å². The number of rotatable bonds is 4. The number of benzene rings is 1. The lowest BCUT2D eigenvalue weighted by atomic mass is 10.0. The molecule has 0 saturated heterocycles. The number of Topliss-reactive ketones (excluding diaryl/α,β-unsaturated/α-hetero) is 1. The fourth-order valence-electron chi connectivity index (χ4n) is 1.88. The van der Waals surface area contributed by atoms with Crippen LogP contribution in [0.2, 0.25) is 0 Å². The molecule has 1 unspecified atom stereocenters. The van der Waals surface area contributed by atoms with Gasteiger partial charge in [0.1, 0.15) is 5.78 Å². The summed E-state index contributed by atoms with van der Waals surface area (Å²) in [5.74, 6) is 0.306. The Hall–Kier alpha value is -1.97. The maximum Gasteiger partial charge on any atom is 0.130 e. The molecule has 2 rings (SSSR count). The van der Waals surface area contributed by atoms with Crippen LogP contribution < -0.4 is 0 Å². The van der Waals surface area contributed by atoms with Crippen molar-refractivity contribution in [3.05, 3.63) is 42.2 Å². The van der Waals surface area contributed by atoms with Gasteiger partial charge in [-0.3, -0.25) is 0 Å². The molecule has 1 heterocycles. The number of carbonyl (C=O) groups is 1. The van der Waals surface area contributed by atoms with Gasteiger partial charge in [0.25, 0.3) is 0 Å². The predicted molar refractivity (Wildman–Crippen MR) is 65.1 cm³/mol. The van der Waals surface area contributed by atoms with E-state index in [1.807, 2.05) is 37.3 Å².